The maximum atomic E-state index is 8.84. The second-order valence-electron chi connectivity index (χ2n) is 1.92. The van der Waals surface area contributed by atoms with Crippen molar-refractivity contribution in [2.75, 3.05) is 5.73 Å². The Kier molecular flexibility index (Phi) is 2.21. The molecular weight excluding hydrogens is 207 g/mol. The molecule has 50 valence electrons. The van der Waals surface area contributed by atoms with Crippen LogP contribution in [-0.2, 0) is 31.0 Å². The predicted octanol–water partition coefficient (Wildman–Crippen LogP) is -0.755. The van der Waals surface area contributed by atoms with Crippen molar-refractivity contribution in [2.24, 2.45) is 0 Å². The van der Waals surface area contributed by atoms with Gasteiger partial charge in [0.15, 0.2) is 0 Å². The van der Waals surface area contributed by atoms with Crippen LogP contribution in [0.4, 0.5) is 5.82 Å². The summed E-state index contributed by atoms with van der Waals surface area (Å²) in [6.07, 6.45) is 0. The summed E-state index contributed by atoms with van der Waals surface area (Å²) in [5, 5.41) is 8.84. The van der Waals surface area contributed by atoms with E-state index in [0.29, 0.717) is 5.82 Å². The number of hydrogen-bond donors (Lipinski definition) is 2. The monoisotopic (exact) mass is 213 g/mol. The Morgan fingerprint density at radius 2 is 2.10 bits per heavy atom. The molecule has 0 saturated heterocycles. The summed E-state index contributed by atoms with van der Waals surface area (Å²) in [7, 11) is 0. The van der Waals surface area contributed by atoms with E-state index in [0.717, 1.165) is 39.0 Å². The van der Waals surface area contributed by atoms with Crippen molar-refractivity contribution < 1.29 is 36.1 Å². The molecule has 3 N–H and O–H groups in total. The summed E-state index contributed by atoms with van der Waals surface area (Å²) < 4.78 is 0.843. The number of hydrogen-bond acceptors (Lipinski definition) is 4. The molecule has 0 bridgehead atoms. The zero-order chi connectivity index (χ0) is 7.72. The zero-order valence-electron chi connectivity index (χ0n) is 5.50. The molecule has 0 saturated carbocycles. The Morgan fingerprint density at radius 3 is 2.60 bits per heavy atom. The van der Waals surface area contributed by atoms with E-state index in [4.69, 9.17) is 10.8 Å². The van der Waals surface area contributed by atoms with Gasteiger partial charge >= 0.3 is 78.6 Å². The van der Waals surface area contributed by atoms with Crippen molar-refractivity contribution >= 4 is 8.32 Å². The van der Waals surface area contributed by atoms with Gasteiger partial charge < -0.3 is 0 Å². The number of nitrogens with zero attached hydrogens (tertiary/aromatic N) is 2. The van der Waals surface area contributed by atoms with Crippen molar-refractivity contribution in [1.29, 1.82) is 0 Å². The third kappa shape index (κ3) is 1.44. The van der Waals surface area contributed by atoms with Crippen molar-refractivity contribution in [3.05, 3.63) is 5.56 Å². The van der Waals surface area contributed by atoms with Gasteiger partial charge in [0.2, 0.25) is 0 Å². The molecule has 0 amide bonds. The second kappa shape index (κ2) is 2.80. The van der Waals surface area contributed by atoms with Gasteiger partial charge in [-0.3, -0.25) is 0 Å². The normalized spacial score (nSPS) is 9.60. The van der Waals surface area contributed by atoms with Gasteiger partial charge in [-0.25, -0.2) is 0 Å². The van der Waals surface area contributed by atoms with E-state index in [1.807, 2.05) is 6.92 Å². The minimum atomic E-state index is -0.231. The Bertz CT molecular complexity index is 240. The van der Waals surface area contributed by atoms with Crippen molar-refractivity contribution in [3.63, 3.8) is 0 Å². The van der Waals surface area contributed by atoms with E-state index in [1.165, 1.54) is 0 Å². The molecule has 0 spiro atoms. The van der Waals surface area contributed by atoms with Gasteiger partial charge in [0.25, 0.3) is 0 Å². The first-order valence-corrected chi connectivity index (χ1v) is 4.11. The maximum absolute atomic E-state index is 8.84. The quantitative estimate of drug-likeness (QED) is 0.594. The predicted molar refractivity (Wildman–Crippen MR) is 32.5 cm³/mol. The van der Waals surface area contributed by atoms with Crippen LogP contribution in [0.5, 0.6) is 6.01 Å². The van der Waals surface area contributed by atoms with E-state index in [1.54, 1.807) is 0 Å². The van der Waals surface area contributed by atoms with Gasteiger partial charge in [-0.2, -0.15) is 0 Å². The van der Waals surface area contributed by atoms with Crippen LogP contribution in [0.25, 0.3) is 0 Å². The van der Waals surface area contributed by atoms with E-state index in [-0.39, 0.29) is 6.01 Å². The number of aromatic hydroxyl groups is 1. The minimum absolute atomic E-state index is 0.231. The standard InChI is InChI=1S/C5H6N3O.Y/c1-3-2-7-5(9)8-4(3)6;/h1H3,(H3,6,7,8,9);. The molecule has 1 aromatic heterocycles. The Labute approximate surface area is 78.3 Å². The third-order valence-electron chi connectivity index (χ3n) is 1.21. The third-order valence-corrected chi connectivity index (χ3v) is 2.59. The van der Waals surface area contributed by atoms with E-state index in [2.05, 4.69) is 9.97 Å². The molecule has 0 aliphatic carbocycles. The fraction of sp³-hybridized carbons (Fsp3) is 0.200. The first kappa shape index (κ1) is 7.89. The summed E-state index contributed by atoms with van der Waals surface area (Å²) in [5.74, 6) is 0.370. The van der Waals surface area contributed by atoms with E-state index < -0.39 is 0 Å². The Morgan fingerprint density at radius 1 is 1.50 bits per heavy atom. The van der Waals surface area contributed by atoms with Gasteiger partial charge in [-0.1, -0.05) is 0 Å². The van der Waals surface area contributed by atoms with Gasteiger partial charge in [-0.05, 0) is 0 Å². The molecule has 5 heteroatoms. The summed E-state index contributed by atoms with van der Waals surface area (Å²) in [6, 6.07) is -0.231. The average molecular weight is 213 g/mol. The van der Waals surface area contributed by atoms with Crippen molar-refractivity contribution in [2.45, 2.75) is 6.92 Å². The van der Waals surface area contributed by atoms with Gasteiger partial charge in [0.1, 0.15) is 0 Å². The Hall–Kier alpha value is -0.216. The molecule has 0 radical (unpaired) electrons. The first-order chi connectivity index (χ1) is 4.61. The number of aromatic nitrogens is 2. The molecule has 10 heavy (non-hydrogen) atoms. The number of nitrogens with two attached hydrogens (primary N) is 1. The van der Waals surface area contributed by atoms with Gasteiger partial charge in [0.05, 0.1) is 0 Å². The van der Waals surface area contributed by atoms with Crippen LogP contribution in [0.2, 0.25) is 0 Å². The van der Waals surface area contributed by atoms with Gasteiger partial charge in [0, 0.05) is 0 Å². The summed E-state index contributed by atoms with van der Waals surface area (Å²) in [6.45, 7) is 1.84. The zero-order valence-corrected chi connectivity index (χ0v) is 8.33. The number of anilines is 1. The van der Waals surface area contributed by atoms with Crippen molar-refractivity contribution in [3.8, 4) is 6.01 Å². The summed E-state index contributed by atoms with van der Waals surface area (Å²) in [4.78, 5) is 7.33. The van der Waals surface area contributed by atoms with Crippen LogP contribution >= 0.6 is 0 Å². The Balaban J connectivity index is 3.31. The summed E-state index contributed by atoms with van der Waals surface area (Å²) in [5.41, 5.74) is 6.31. The SMILES string of the molecule is Cc1c(N)nc(O)n[c]1[Y]. The molecule has 1 aromatic rings. The topological polar surface area (TPSA) is 72.0 Å². The molecule has 0 aliphatic rings. The molecular formula is C5H6N3OY. The van der Waals surface area contributed by atoms with Crippen molar-refractivity contribution in [1.82, 2.24) is 9.97 Å². The van der Waals surface area contributed by atoms with Crippen LogP contribution in [0.3, 0.4) is 0 Å². The first-order valence-electron chi connectivity index (χ1n) is 2.70. The second-order valence-corrected chi connectivity index (χ2v) is 3.26. The van der Waals surface area contributed by atoms with Crippen LogP contribution in [-0.4, -0.2) is 15.1 Å². The molecule has 0 aliphatic heterocycles. The molecule has 0 atom stereocenters. The van der Waals surface area contributed by atoms with Crippen LogP contribution in [0.15, 0.2) is 0 Å². The van der Waals surface area contributed by atoms with Crippen LogP contribution < -0.4 is 8.24 Å². The fourth-order valence-electron chi connectivity index (χ4n) is 0.539. The molecule has 1 heterocycles. The number of rotatable bonds is 0. The fourth-order valence-corrected chi connectivity index (χ4v) is 1.19. The van der Waals surface area contributed by atoms with Gasteiger partial charge in [-0.15, -0.1) is 0 Å². The average Bonchev–Trinajstić information content (AvgIpc) is 1.82. The molecule has 0 unspecified atom stereocenters. The van der Waals surface area contributed by atoms with E-state index >= 15 is 0 Å². The van der Waals surface area contributed by atoms with E-state index in [9.17, 15) is 0 Å². The number of nitrogen functional groups attached to an aromatic ring is 1. The molecule has 4 nitrogen and oxygen atoms in total. The molecule has 0 fully saturated rings. The molecule has 0 aromatic carbocycles. The molecule has 1 rings (SSSR count). The van der Waals surface area contributed by atoms with Crippen LogP contribution in [0.1, 0.15) is 5.56 Å². The van der Waals surface area contributed by atoms with Crippen LogP contribution in [0, 0.1) is 6.92 Å². The summed E-state index contributed by atoms with van der Waals surface area (Å²) >= 11 is 0.845.